The first-order valence-corrected chi connectivity index (χ1v) is 10.2. The molecule has 1 unspecified atom stereocenters. The summed E-state index contributed by atoms with van der Waals surface area (Å²) in [5.74, 6) is -0.273. The van der Waals surface area contributed by atoms with Gasteiger partial charge in [0.15, 0.2) is 0 Å². The van der Waals surface area contributed by atoms with E-state index in [2.05, 4.69) is 23.2 Å². The summed E-state index contributed by atoms with van der Waals surface area (Å²) in [5, 5.41) is 14.2. The van der Waals surface area contributed by atoms with Gasteiger partial charge >= 0.3 is 0 Å². The Hall–Kier alpha value is -3.56. The van der Waals surface area contributed by atoms with Crippen molar-refractivity contribution in [3.8, 4) is 0 Å². The van der Waals surface area contributed by atoms with Crippen LogP contribution in [0.2, 0.25) is 0 Å². The van der Waals surface area contributed by atoms with E-state index in [4.69, 9.17) is 4.98 Å². The molecule has 3 heteroatoms. The molecule has 2 aromatic heterocycles. The SMILES string of the molecule is CC(c1ccc2ccc3cccnc3c2n1)C(O)(c1ccccc1)c1ccccc1. The van der Waals surface area contributed by atoms with Gasteiger partial charge in [0.1, 0.15) is 5.60 Å². The van der Waals surface area contributed by atoms with Gasteiger partial charge in [0.05, 0.1) is 11.0 Å². The van der Waals surface area contributed by atoms with E-state index >= 15 is 0 Å². The third-order valence-electron chi connectivity index (χ3n) is 5.95. The first-order valence-electron chi connectivity index (χ1n) is 10.2. The number of fused-ring (bicyclic) bond motifs is 3. The van der Waals surface area contributed by atoms with Crippen molar-refractivity contribution in [2.45, 2.75) is 18.4 Å². The second-order valence-electron chi connectivity index (χ2n) is 7.67. The fraction of sp³-hybridized carbons (Fsp3) is 0.111. The Morgan fingerprint density at radius 3 is 1.87 bits per heavy atom. The molecule has 5 aromatic rings. The fourth-order valence-electron chi connectivity index (χ4n) is 4.25. The Morgan fingerprint density at radius 1 is 0.667 bits per heavy atom. The topological polar surface area (TPSA) is 46.0 Å². The Kier molecular flexibility index (Phi) is 4.53. The summed E-state index contributed by atoms with van der Waals surface area (Å²) >= 11 is 0. The van der Waals surface area contributed by atoms with E-state index in [-0.39, 0.29) is 5.92 Å². The van der Waals surface area contributed by atoms with Crippen LogP contribution in [0.25, 0.3) is 21.8 Å². The molecule has 0 bridgehead atoms. The highest BCUT2D eigenvalue weighted by Gasteiger charge is 2.39. The summed E-state index contributed by atoms with van der Waals surface area (Å²) in [5.41, 5.74) is 3.06. The highest BCUT2D eigenvalue weighted by atomic mass is 16.3. The quantitative estimate of drug-likeness (QED) is 0.393. The Balaban J connectivity index is 1.71. The molecular weight excluding hydrogens is 368 g/mol. The molecule has 5 rings (SSSR count). The van der Waals surface area contributed by atoms with Crippen molar-refractivity contribution in [3.63, 3.8) is 0 Å². The second-order valence-corrected chi connectivity index (χ2v) is 7.67. The lowest BCUT2D eigenvalue weighted by Gasteiger charge is -2.35. The van der Waals surface area contributed by atoms with Gasteiger partial charge in [0.2, 0.25) is 0 Å². The molecule has 3 aromatic carbocycles. The zero-order valence-electron chi connectivity index (χ0n) is 16.7. The molecule has 1 N–H and O–H groups in total. The zero-order chi connectivity index (χ0) is 20.6. The molecule has 1 atom stereocenters. The maximum absolute atomic E-state index is 12.1. The zero-order valence-corrected chi connectivity index (χ0v) is 16.7. The van der Waals surface area contributed by atoms with Gasteiger partial charge in [0.25, 0.3) is 0 Å². The molecular formula is C27H22N2O. The summed E-state index contributed by atoms with van der Waals surface area (Å²) in [6.45, 7) is 2.03. The van der Waals surface area contributed by atoms with Gasteiger partial charge in [-0.05, 0) is 23.3 Å². The third kappa shape index (κ3) is 2.95. The second kappa shape index (κ2) is 7.36. The van der Waals surface area contributed by atoms with Gasteiger partial charge < -0.3 is 5.11 Å². The minimum Gasteiger partial charge on any atom is -0.380 e. The molecule has 0 radical (unpaired) electrons. The van der Waals surface area contributed by atoms with Crippen LogP contribution in [0.15, 0.2) is 103 Å². The van der Waals surface area contributed by atoms with Crippen LogP contribution < -0.4 is 0 Å². The van der Waals surface area contributed by atoms with Crippen LogP contribution in [0.1, 0.15) is 29.7 Å². The predicted octanol–water partition coefficient (Wildman–Crippen LogP) is 5.82. The normalized spacial score (nSPS) is 12.9. The van der Waals surface area contributed by atoms with E-state index < -0.39 is 5.60 Å². The lowest BCUT2D eigenvalue weighted by atomic mass is 9.75. The van der Waals surface area contributed by atoms with Crippen LogP contribution in [0.3, 0.4) is 0 Å². The highest BCUT2D eigenvalue weighted by molar-refractivity contribution is 6.02. The number of rotatable bonds is 4. The first-order chi connectivity index (χ1) is 14.7. The van der Waals surface area contributed by atoms with E-state index in [1.165, 1.54) is 0 Å². The van der Waals surface area contributed by atoms with Crippen molar-refractivity contribution in [1.82, 2.24) is 9.97 Å². The van der Waals surface area contributed by atoms with Crippen molar-refractivity contribution >= 4 is 21.8 Å². The van der Waals surface area contributed by atoms with Crippen LogP contribution in [-0.4, -0.2) is 15.1 Å². The molecule has 0 saturated carbocycles. The molecule has 0 saturated heterocycles. The summed E-state index contributed by atoms with van der Waals surface area (Å²) in [7, 11) is 0. The van der Waals surface area contributed by atoms with Crippen molar-refractivity contribution in [3.05, 3.63) is 120 Å². The molecule has 0 aliphatic carbocycles. The summed E-state index contributed by atoms with van der Waals surface area (Å²) in [6, 6.07) is 31.9. The Bertz CT molecular complexity index is 1280. The minimum absolute atomic E-state index is 0.273. The number of aliphatic hydroxyl groups is 1. The molecule has 0 aliphatic heterocycles. The van der Waals surface area contributed by atoms with E-state index in [1.54, 1.807) is 6.20 Å². The van der Waals surface area contributed by atoms with Crippen LogP contribution in [0.5, 0.6) is 0 Å². The largest absolute Gasteiger partial charge is 0.380 e. The number of aromatic nitrogens is 2. The standard InChI is InChI=1S/C27H22N2O/c1-19(27(30,22-10-4-2-5-11-22)23-12-6-3-7-13-23)24-17-16-21-15-14-20-9-8-18-28-25(20)26(21)29-24/h2-19,30H,1H3. The fourth-order valence-corrected chi connectivity index (χ4v) is 4.25. The smallest absolute Gasteiger partial charge is 0.123 e. The van der Waals surface area contributed by atoms with Crippen LogP contribution in [0.4, 0.5) is 0 Å². The third-order valence-corrected chi connectivity index (χ3v) is 5.95. The van der Waals surface area contributed by atoms with Gasteiger partial charge in [-0.3, -0.25) is 9.97 Å². The van der Waals surface area contributed by atoms with Gasteiger partial charge in [-0.2, -0.15) is 0 Å². The van der Waals surface area contributed by atoms with Gasteiger partial charge in [-0.1, -0.05) is 91.9 Å². The van der Waals surface area contributed by atoms with Gasteiger partial charge in [0, 0.05) is 28.6 Å². The van der Waals surface area contributed by atoms with Gasteiger partial charge in [-0.25, -0.2) is 0 Å². The van der Waals surface area contributed by atoms with Crippen LogP contribution in [-0.2, 0) is 5.60 Å². The minimum atomic E-state index is -1.21. The molecule has 0 amide bonds. The van der Waals surface area contributed by atoms with Crippen LogP contribution in [0, 0.1) is 0 Å². The Morgan fingerprint density at radius 2 is 1.23 bits per heavy atom. The average molecular weight is 390 g/mol. The number of hydrogen-bond donors (Lipinski definition) is 1. The van der Waals surface area contributed by atoms with Crippen LogP contribution >= 0.6 is 0 Å². The van der Waals surface area contributed by atoms with E-state index in [1.807, 2.05) is 85.8 Å². The van der Waals surface area contributed by atoms with E-state index in [0.29, 0.717) is 0 Å². The molecule has 2 heterocycles. The summed E-state index contributed by atoms with van der Waals surface area (Å²) in [4.78, 5) is 9.56. The lowest BCUT2D eigenvalue weighted by Crippen LogP contribution is -2.34. The average Bonchev–Trinajstić information content (AvgIpc) is 2.83. The molecule has 30 heavy (non-hydrogen) atoms. The monoisotopic (exact) mass is 390 g/mol. The van der Waals surface area contributed by atoms with Crippen molar-refractivity contribution < 1.29 is 5.11 Å². The molecule has 0 aliphatic rings. The van der Waals surface area contributed by atoms with Crippen molar-refractivity contribution in [2.24, 2.45) is 0 Å². The van der Waals surface area contributed by atoms with Crippen molar-refractivity contribution in [1.29, 1.82) is 0 Å². The summed E-state index contributed by atoms with van der Waals surface area (Å²) in [6.07, 6.45) is 1.80. The molecule has 0 fully saturated rings. The first kappa shape index (κ1) is 18.5. The molecule has 0 spiro atoms. The predicted molar refractivity (Wildman–Crippen MR) is 121 cm³/mol. The maximum Gasteiger partial charge on any atom is 0.123 e. The molecule has 146 valence electrons. The van der Waals surface area contributed by atoms with Gasteiger partial charge in [-0.15, -0.1) is 0 Å². The lowest BCUT2D eigenvalue weighted by molar-refractivity contribution is 0.0542. The molecule has 3 nitrogen and oxygen atoms in total. The maximum atomic E-state index is 12.1. The van der Waals surface area contributed by atoms with Crippen molar-refractivity contribution in [2.75, 3.05) is 0 Å². The number of benzene rings is 3. The number of hydrogen-bond acceptors (Lipinski definition) is 3. The number of nitrogens with zero attached hydrogens (tertiary/aromatic N) is 2. The highest BCUT2D eigenvalue weighted by Crippen LogP contribution is 2.42. The van der Waals surface area contributed by atoms with E-state index in [0.717, 1.165) is 38.6 Å². The Labute approximate surface area is 175 Å². The van der Waals surface area contributed by atoms with E-state index in [9.17, 15) is 5.11 Å². The summed E-state index contributed by atoms with van der Waals surface area (Å²) < 4.78 is 0. The number of pyridine rings is 2.